The number of piperidine rings is 1. The van der Waals surface area contributed by atoms with E-state index in [0.717, 1.165) is 32.4 Å². The van der Waals surface area contributed by atoms with E-state index >= 15 is 0 Å². The molecule has 0 bridgehead atoms. The second kappa shape index (κ2) is 8.65. The number of carbonyl (C=O) groups is 1. The van der Waals surface area contributed by atoms with E-state index in [-0.39, 0.29) is 35.5 Å². The molecule has 2 aromatic heterocycles. The molecule has 9 nitrogen and oxygen atoms in total. The molecule has 0 aliphatic carbocycles. The van der Waals surface area contributed by atoms with Crippen LogP contribution < -0.4 is 10.5 Å². The van der Waals surface area contributed by atoms with Crippen LogP contribution >= 0.6 is 0 Å². The summed E-state index contributed by atoms with van der Waals surface area (Å²) in [4.78, 5) is 26.9. The summed E-state index contributed by atoms with van der Waals surface area (Å²) in [5.41, 5.74) is 7.11. The number of amides is 1. The smallest absolute Gasteiger partial charge is 0.227 e. The van der Waals surface area contributed by atoms with Gasteiger partial charge in [-0.05, 0) is 52.6 Å². The Kier molecular flexibility index (Phi) is 5.79. The van der Waals surface area contributed by atoms with Gasteiger partial charge >= 0.3 is 0 Å². The van der Waals surface area contributed by atoms with Crippen molar-refractivity contribution in [2.24, 2.45) is 5.92 Å². The van der Waals surface area contributed by atoms with Gasteiger partial charge in [-0.25, -0.2) is 14.4 Å². The number of methoxy groups -OCH3 is 1. The molecule has 0 radical (unpaired) electrons. The van der Waals surface area contributed by atoms with E-state index in [1.807, 2.05) is 4.90 Å². The topological polar surface area (TPSA) is 102 Å². The maximum atomic E-state index is 14.4. The van der Waals surface area contributed by atoms with Crippen LogP contribution in [-0.2, 0) is 4.79 Å². The number of carbonyl (C=O) groups excluding carboxylic acids is 1. The third kappa shape index (κ3) is 3.83. The highest BCUT2D eigenvalue weighted by Gasteiger charge is 2.38. The van der Waals surface area contributed by atoms with Crippen LogP contribution in [0.1, 0.15) is 51.8 Å². The normalized spacial score (nSPS) is 23.9. The summed E-state index contributed by atoms with van der Waals surface area (Å²) >= 11 is 0. The van der Waals surface area contributed by atoms with E-state index in [2.05, 4.69) is 35.8 Å². The van der Waals surface area contributed by atoms with Gasteiger partial charge in [0.2, 0.25) is 11.9 Å². The third-order valence-corrected chi connectivity index (χ3v) is 7.42. The minimum absolute atomic E-state index is 0.0137. The summed E-state index contributed by atoms with van der Waals surface area (Å²) in [6, 6.07) is 3.50. The minimum atomic E-state index is -0.497. The van der Waals surface area contributed by atoms with Gasteiger partial charge in [0.1, 0.15) is 0 Å². The quantitative estimate of drug-likeness (QED) is 0.627. The largest absolute Gasteiger partial charge is 0.494 e. The van der Waals surface area contributed by atoms with E-state index in [1.165, 1.54) is 23.8 Å². The first-order chi connectivity index (χ1) is 16.3. The van der Waals surface area contributed by atoms with Crippen molar-refractivity contribution in [1.82, 2.24) is 29.4 Å². The average molecular weight is 470 g/mol. The van der Waals surface area contributed by atoms with Crippen LogP contribution in [0.25, 0.3) is 16.6 Å². The lowest BCUT2D eigenvalue weighted by atomic mass is 9.91. The van der Waals surface area contributed by atoms with Crippen LogP contribution in [0.15, 0.2) is 12.1 Å². The predicted molar refractivity (Wildman–Crippen MR) is 127 cm³/mol. The molecule has 2 N–H and O–H groups in total. The van der Waals surface area contributed by atoms with Crippen molar-refractivity contribution >= 4 is 28.4 Å². The van der Waals surface area contributed by atoms with Crippen molar-refractivity contribution in [3.63, 3.8) is 0 Å². The van der Waals surface area contributed by atoms with Gasteiger partial charge < -0.3 is 20.3 Å². The Morgan fingerprint density at radius 1 is 1.21 bits per heavy atom. The number of nitrogen functional groups attached to an aromatic ring is 1. The molecule has 5 rings (SSSR count). The second-order valence-electron chi connectivity index (χ2n) is 9.87. The number of fused-ring (bicyclic) bond motifs is 3. The number of anilines is 1. The van der Waals surface area contributed by atoms with Crippen LogP contribution in [0.2, 0.25) is 0 Å². The van der Waals surface area contributed by atoms with Crippen molar-refractivity contribution in [2.75, 3.05) is 32.5 Å². The Balaban J connectivity index is 1.44. The van der Waals surface area contributed by atoms with Gasteiger partial charge in [0, 0.05) is 42.5 Å². The molecule has 1 amide bonds. The van der Waals surface area contributed by atoms with Crippen LogP contribution in [0.5, 0.6) is 5.75 Å². The predicted octanol–water partition coefficient (Wildman–Crippen LogP) is 2.83. The summed E-state index contributed by atoms with van der Waals surface area (Å²) in [5, 5.41) is 5.14. The molecule has 2 aliphatic heterocycles. The van der Waals surface area contributed by atoms with Crippen LogP contribution in [0.3, 0.4) is 0 Å². The molecule has 1 aromatic carbocycles. The standard InChI is InChI=1S/C24H32FN7O2/c1-13(2)30-8-7-16(11-30)23(33)31-12-15(6-5-14(31)3)21-28-22-17-9-18(25)20(34-4)10-19(17)27-24(26)32(22)29-21/h9-10,13-16H,5-8,11-12H2,1-4H3,(H2,26,27)/t14-,15+,16+/m0/s1. The van der Waals surface area contributed by atoms with E-state index in [1.54, 1.807) is 0 Å². The van der Waals surface area contributed by atoms with Gasteiger partial charge in [-0.15, -0.1) is 5.10 Å². The minimum Gasteiger partial charge on any atom is -0.494 e. The van der Waals surface area contributed by atoms with Gasteiger partial charge in [0.25, 0.3) is 0 Å². The van der Waals surface area contributed by atoms with E-state index in [9.17, 15) is 9.18 Å². The van der Waals surface area contributed by atoms with Gasteiger partial charge in [-0.3, -0.25) is 4.79 Å². The number of hydrogen-bond donors (Lipinski definition) is 1. The first-order valence-electron chi connectivity index (χ1n) is 12.0. The zero-order valence-electron chi connectivity index (χ0n) is 20.2. The number of hydrogen-bond acceptors (Lipinski definition) is 7. The summed E-state index contributed by atoms with van der Waals surface area (Å²) in [7, 11) is 1.41. The monoisotopic (exact) mass is 469 g/mol. The molecule has 182 valence electrons. The van der Waals surface area contributed by atoms with Crippen molar-refractivity contribution < 1.29 is 13.9 Å². The first kappa shape index (κ1) is 22.8. The fourth-order valence-electron chi connectivity index (χ4n) is 5.29. The fraction of sp³-hybridized carbons (Fsp3) is 0.583. The molecule has 0 unspecified atom stereocenters. The molecule has 2 saturated heterocycles. The Morgan fingerprint density at radius 3 is 2.71 bits per heavy atom. The molecule has 34 heavy (non-hydrogen) atoms. The van der Waals surface area contributed by atoms with Crippen molar-refractivity contribution in [3.05, 3.63) is 23.8 Å². The summed E-state index contributed by atoms with van der Waals surface area (Å²) < 4.78 is 21.0. The number of nitrogens with two attached hydrogens (primary N) is 1. The lowest BCUT2D eigenvalue weighted by Gasteiger charge is -2.38. The molecular weight excluding hydrogens is 437 g/mol. The first-order valence-corrected chi connectivity index (χ1v) is 12.0. The molecule has 4 heterocycles. The zero-order chi connectivity index (χ0) is 24.1. The Hall–Kier alpha value is -3.01. The van der Waals surface area contributed by atoms with Crippen LogP contribution in [0, 0.1) is 11.7 Å². The number of benzene rings is 1. The molecule has 2 fully saturated rings. The van der Waals surface area contributed by atoms with Gasteiger partial charge in [-0.1, -0.05) is 0 Å². The average Bonchev–Trinajstić information content (AvgIpc) is 3.48. The van der Waals surface area contributed by atoms with Crippen LogP contribution in [0.4, 0.5) is 10.3 Å². The molecule has 0 saturated carbocycles. The Morgan fingerprint density at radius 2 is 2.00 bits per heavy atom. The lowest BCUT2D eigenvalue weighted by molar-refractivity contribution is -0.139. The van der Waals surface area contributed by atoms with E-state index < -0.39 is 5.82 Å². The highest BCUT2D eigenvalue weighted by atomic mass is 19.1. The summed E-state index contributed by atoms with van der Waals surface area (Å²) in [6.07, 6.45) is 2.66. The second-order valence-corrected chi connectivity index (χ2v) is 9.87. The molecule has 10 heteroatoms. The zero-order valence-corrected chi connectivity index (χ0v) is 20.2. The Bertz CT molecular complexity index is 1240. The third-order valence-electron chi connectivity index (χ3n) is 7.42. The van der Waals surface area contributed by atoms with Crippen molar-refractivity contribution in [1.29, 1.82) is 0 Å². The van der Waals surface area contributed by atoms with Gasteiger partial charge in [-0.2, -0.15) is 4.52 Å². The lowest BCUT2D eigenvalue weighted by Crippen LogP contribution is -2.48. The molecule has 0 spiro atoms. The molecular formula is C24H32FN7O2. The highest BCUT2D eigenvalue weighted by Crippen LogP contribution is 2.33. The van der Waals surface area contributed by atoms with Gasteiger partial charge in [0.15, 0.2) is 23.0 Å². The van der Waals surface area contributed by atoms with Crippen LogP contribution in [-0.4, -0.2) is 74.1 Å². The number of nitrogens with zero attached hydrogens (tertiary/aromatic N) is 6. The highest BCUT2D eigenvalue weighted by molar-refractivity contribution is 5.93. The number of likely N-dealkylation sites (tertiary alicyclic amines) is 2. The summed E-state index contributed by atoms with van der Waals surface area (Å²) in [6.45, 7) is 8.82. The summed E-state index contributed by atoms with van der Waals surface area (Å²) in [5.74, 6) is 0.638. The van der Waals surface area contributed by atoms with Gasteiger partial charge in [0.05, 0.1) is 18.5 Å². The number of rotatable bonds is 4. The molecule has 2 aliphatic rings. The fourth-order valence-corrected chi connectivity index (χ4v) is 5.29. The van der Waals surface area contributed by atoms with Crippen molar-refractivity contribution in [2.45, 2.75) is 58.0 Å². The maximum absolute atomic E-state index is 14.4. The molecule has 3 aromatic rings. The number of aromatic nitrogens is 4. The number of ether oxygens (including phenoxy) is 1. The van der Waals surface area contributed by atoms with Crippen molar-refractivity contribution in [3.8, 4) is 5.75 Å². The van der Waals surface area contributed by atoms with E-state index in [0.29, 0.717) is 35.0 Å². The SMILES string of the molecule is COc1cc2nc(N)n3nc([C@@H]4CC[C@H](C)N(C(=O)[C@@H]5CCN(C(C)C)C5)C4)nc3c2cc1F. The Labute approximate surface area is 198 Å². The maximum Gasteiger partial charge on any atom is 0.227 e. The van der Waals surface area contributed by atoms with E-state index in [4.69, 9.17) is 15.5 Å². The molecule has 3 atom stereocenters. The number of halogens is 1.